The van der Waals surface area contributed by atoms with E-state index in [1.54, 1.807) is 12.1 Å². The molecule has 6 nitrogen and oxygen atoms in total. The smallest absolute Gasteiger partial charge is 0.257 e. The summed E-state index contributed by atoms with van der Waals surface area (Å²) < 4.78 is 0. The number of hydrogen-bond acceptors (Lipinski definition) is 4. The molecule has 0 aromatic heterocycles. The van der Waals surface area contributed by atoms with E-state index in [0.717, 1.165) is 4.90 Å². The molecule has 1 aromatic carbocycles. The van der Waals surface area contributed by atoms with Gasteiger partial charge in [0.05, 0.1) is 12.2 Å². The van der Waals surface area contributed by atoms with Crippen LogP contribution in [-0.4, -0.2) is 35.2 Å². The molecule has 0 aliphatic carbocycles. The normalized spacial score (nSPS) is 21.7. The van der Waals surface area contributed by atoms with Crippen molar-refractivity contribution in [3.8, 4) is 0 Å². The molecule has 0 radical (unpaired) electrons. The Hall–Kier alpha value is -1.73. The molecule has 128 valence electrons. The summed E-state index contributed by atoms with van der Waals surface area (Å²) in [5.74, 6) is -0.691. The van der Waals surface area contributed by atoms with Crippen LogP contribution < -0.4 is 15.5 Å². The Labute approximate surface area is 149 Å². The van der Waals surface area contributed by atoms with E-state index in [9.17, 15) is 14.4 Å². The molecule has 3 rings (SSSR count). The first-order valence-electron chi connectivity index (χ1n) is 7.73. The average Bonchev–Trinajstić information content (AvgIpc) is 3.00. The first-order valence-corrected chi connectivity index (χ1v) is 8.92. The van der Waals surface area contributed by atoms with Gasteiger partial charge >= 0.3 is 0 Å². The van der Waals surface area contributed by atoms with E-state index in [1.165, 1.54) is 16.7 Å². The number of benzene rings is 1. The van der Waals surface area contributed by atoms with Gasteiger partial charge in [-0.2, -0.15) is 0 Å². The van der Waals surface area contributed by atoms with Gasteiger partial charge in [0.2, 0.25) is 11.8 Å². The van der Waals surface area contributed by atoms with Crippen LogP contribution in [0.25, 0.3) is 0 Å². The first-order chi connectivity index (χ1) is 11.3. The largest absolute Gasteiger partial charge is 0.352 e. The summed E-state index contributed by atoms with van der Waals surface area (Å²) in [6.45, 7) is 3.59. The van der Waals surface area contributed by atoms with Gasteiger partial charge in [0.1, 0.15) is 0 Å². The molecule has 2 N–H and O–H groups in total. The molecule has 3 amide bonds. The molecule has 1 fully saturated rings. The van der Waals surface area contributed by atoms with E-state index in [0.29, 0.717) is 23.6 Å². The van der Waals surface area contributed by atoms with E-state index in [-0.39, 0.29) is 30.3 Å². The number of anilines is 1. The molecule has 24 heavy (non-hydrogen) atoms. The second-order valence-electron chi connectivity index (χ2n) is 6.13. The Morgan fingerprint density at radius 2 is 2.17 bits per heavy atom. The van der Waals surface area contributed by atoms with Crippen molar-refractivity contribution < 1.29 is 14.4 Å². The van der Waals surface area contributed by atoms with Crippen LogP contribution in [0.5, 0.6) is 0 Å². The number of halogens is 1. The van der Waals surface area contributed by atoms with Crippen LogP contribution in [-0.2, 0) is 14.4 Å². The van der Waals surface area contributed by atoms with Crippen LogP contribution in [0, 0.1) is 0 Å². The van der Waals surface area contributed by atoms with E-state index >= 15 is 0 Å². The minimum atomic E-state index is -1.03. The molecule has 0 saturated carbocycles. The minimum Gasteiger partial charge on any atom is -0.352 e. The molecule has 1 aromatic rings. The summed E-state index contributed by atoms with van der Waals surface area (Å²) in [5, 5.41) is 5.90. The average molecular weight is 368 g/mol. The van der Waals surface area contributed by atoms with E-state index in [4.69, 9.17) is 11.6 Å². The van der Waals surface area contributed by atoms with Gasteiger partial charge in [-0.25, -0.2) is 0 Å². The molecule has 2 heterocycles. The zero-order valence-corrected chi connectivity index (χ0v) is 15.0. The predicted molar refractivity (Wildman–Crippen MR) is 93.0 cm³/mol. The van der Waals surface area contributed by atoms with Crippen LogP contribution in [0.15, 0.2) is 23.1 Å². The number of carbonyl (C=O) groups excluding carboxylic acids is 3. The molecule has 8 heteroatoms. The zero-order chi connectivity index (χ0) is 17.5. The third-order valence-corrected chi connectivity index (χ3v) is 5.65. The number of fused-ring (bicyclic) bond motifs is 3. The fraction of sp³-hybridized carbons (Fsp3) is 0.438. The van der Waals surface area contributed by atoms with E-state index < -0.39 is 4.87 Å². The van der Waals surface area contributed by atoms with Gasteiger partial charge in [0, 0.05) is 22.4 Å². The Bertz CT molecular complexity index is 725. The molecule has 0 spiro atoms. The van der Waals surface area contributed by atoms with Crippen LogP contribution in [0.4, 0.5) is 5.69 Å². The van der Waals surface area contributed by atoms with Crippen molar-refractivity contribution in [1.29, 1.82) is 0 Å². The highest BCUT2D eigenvalue weighted by molar-refractivity contribution is 8.02. The molecule has 1 atom stereocenters. The maximum absolute atomic E-state index is 12.8. The first kappa shape index (κ1) is 17.1. The topological polar surface area (TPSA) is 78.5 Å². The lowest BCUT2D eigenvalue weighted by atomic mass is 10.2. The summed E-state index contributed by atoms with van der Waals surface area (Å²) in [6, 6.07) is 5.26. The standard InChI is InChI=1S/C16H18ClN3O3S/c1-9(2)19-13(21)8-18-15(23)16-6-5-14(22)20(16)11-7-10(17)3-4-12(11)24-16/h3-4,7,9H,5-6,8H2,1-2H3,(H,18,23)(H,19,21)/t16-/m0/s1. The Morgan fingerprint density at radius 3 is 2.88 bits per heavy atom. The van der Waals surface area contributed by atoms with Gasteiger partial charge in [-0.05, 0) is 38.5 Å². The Kier molecular flexibility index (Phi) is 4.48. The number of nitrogens with one attached hydrogen (secondary N) is 2. The second kappa shape index (κ2) is 6.29. The molecular formula is C16H18ClN3O3S. The van der Waals surface area contributed by atoms with Crippen molar-refractivity contribution in [2.24, 2.45) is 0 Å². The summed E-state index contributed by atoms with van der Waals surface area (Å²) in [6.07, 6.45) is 0.699. The van der Waals surface area contributed by atoms with Crippen LogP contribution in [0.3, 0.4) is 0 Å². The lowest BCUT2D eigenvalue weighted by Crippen LogP contribution is -2.54. The van der Waals surface area contributed by atoms with Crippen LogP contribution in [0.1, 0.15) is 26.7 Å². The monoisotopic (exact) mass is 367 g/mol. The van der Waals surface area contributed by atoms with Gasteiger partial charge in [-0.15, -0.1) is 0 Å². The predicted octanol–water partition coefficient (Wildman–Crippen LogP) is 1.91. The maximum atomic E-state index is 12.8. The fourth-order valence-corrected chi connectivity index (χ4v) is 4.58. The second-order valence-corrected chi connectivity index (χ2v) is 7.89. The third kappa shape index (κ3) is 2.86. The van der Waals surface area contributed by atoms with Crippen molar-refractivity contribution in [1.82, 2.24) is 10.6 Å². The maximum Gasteiger partial charge on any atom is 0.257 e. The van der Waals surface area contributed by atoms with Crippen molar-refractivity contribution in [2.45, 2.75) is 42.5 Å². The van der Waals surface area contributed by atoms with Crippen LogP contribution in [0.2, 0.25) is 5.02 Å². The highest BCUT2D eigenvalue weighted by Crippen LogP contribution is 2.56. The van der Waals surface area contributed by atoms with Gasteiger partial charge in [-0.1, -0.05) is 23.4 Å². The summed E-state index contributed by atoms with van der Waals surface area (Å²) in [7, 11) is 0. The molecular weight excluding hydrogens is 350 g/mol. The van der Waals surface area contributed by atoms with Gasteiger partial charge < -0.3 is 10.6 Å². The highest BCUT2D eigenvalue weighted by Gasteiger charge is 2.57. The van der Waals surface area contributed by atoms with Crippen molar-refractivity contribution >= 4 is 46.8 Å². The molecule has 2 aliphatic heterocycles. The summed E-state index contributed by atoms with van der Waals surface area (Å²) in [4.78, 5) is 38.2. The van der Waals surface area contributed by atoms with E-state index in [1.807, 2.05) is 19.9 Å². The van der Waals surface area contributed by atoms with Gasteiger partial charge in [-0.3, -0.25) is 19.3 Å². The fourth-order valence-electron chi connectivity index (χ4n) is 2.99. The number of carbonyl (C=O) groups is 3. The number of hydrogen-bond donors (Lipinski definition) is 2. The number of amides is 3. The molecule has 2 aliphatic rings. The Morgan fingerprint density at radius 1 is 1.42 bits per heavy atom. The quantitative estimate of drug-likeness (QED) is 0.852. The lowest BCUT2D eigenvalue weighted by Gasteiger charge is -2.29. The lowest BCUT2D eigenvalue weighted by molar-refractivity contribution is -0.128. The van der Waals surface area contributed by atoms with Crippen molar-refractivity contribution in [3.05, 3.63) is 23.2 Å². The van der Waals surface area contributed by atoms with Gasteiger partial charge in [0.25, 0.3) is 5.91 Å². The van der Waals surface area contributed by atoms with Crippen molar-refractivity contribution in [2.75, 3.05) is 11.4 Å². The molecule has 0 bridgehead atoms. The highest BCUT2D eigenvalue weighted by atomic mass is 35.5. The zero-order valence-electron chi connectivity index (χ0n) is 13.4. The number of thioether (sulfide) groups is 1. The number of nitrogens with zero attached hydrogens (tertiary/aromatic N) is 1. The Balaban J connectivity index is 1.80. The number of rotatable bonds is 4. The molecule has 0 unspecified atom stereocenters. The van der Waals surface area contributed by atoms with Crippen LogP contribution >= 0.6 is 23.4 Å². The summed E-state index contributed by atoms with van der Waals surface area (Å²) in [5.41, 5.74) is 0.664. The van der Waals surface area contributed by atoms with Crippen molar-refractivity contribution in [3.63, 3.8) is 0 Å². The van der Waals surface area contributed by atoms with Gasteiger partial charge in [0.15, 0.2) is 4.87 Å². The SMILES string of the molecule is CC(C)NC(=O)CNC(=O)[C@@]12CCC(=O)N1c1cc(Cl)ccc1S2. The third-order valence-electron chi connectivity index (χ3n) is 3.94. The summed E-state index contributed by atoms with van der Waals surface area (Å²) >= 11 is 7.38. The molecule has 1 saturated heterocycles. The minimum absolute atomic E-state index is 0.00405. The van der Waals surface area contributed by atoms with E-state index in [2.05, 4.69) is 10.6 Å².